The third-order valence-electron chi connectivity index (χ3n) is 3.48. The van der Waals surface area contributed by atoms with Gasteiger partial charge in [-0.1, -0.05) is 87.9 Å². The summed E-state index contributed by atoms with van der Waals surface area (Å²) in [6.07, 6.45) is 2.43. The Balaban J connectivity index is 0.000000383. The molecule has 0 radical (unpaired) electrons. The Labute approximate surface area is 130 Å². The van der Waals surface area contributed by atoms with E-state index in [1.165, 1.54) is 24.0 Å². The van der Waals surface area contributed by atoms with Crippen LogP contribution in [0.4, 0.5) is 0 Å². The second kappa shape index (κ2) is 11.1. The van der Waals surface area contributed by atoms with Gasteiger partial charge in [0, 0.05) is 5.92 Å². The molecule has 1 nitrogen and oxygen atoms in total. The molecule has 0 aromatic heterocycles. The van der Waals surface area contributed by atoms with E-state index in [0.717, 1.165) is 13.1 Å². The monoisotopic (exact) mass is 283 g/mol. The molecule has 0 heterocycles. The number of nitrogens with one attached hydrogen (secondary N) is 1. The van der Waals surface area contributed by atoms with E-state index in [-0.39, 0.29) is 0 Å². The third-order valence-corrected chi connectivity index (χ3v) is 3.48. The van der Waals surface area contributed by atoms with Gasteiger partial charge >= 0.3 is 0 Å². The molecule has 0 spiro atoms. The predicted molar refractivity (Wildman–Crippen MR) is 93.9 cm³/mol. The Hall–Kier alpha value is -1.60. The van der Waals surface area contributed by atoms with Crippen LogP contribution in [0.1, 0.15) is 50.7 Å². The summed E-state index contributed by atoms with van der Waals surface area (Å²) in [4.78, 5) is 0. The average Bonchev–Trinajstić information content (AvgIpc) is 2.56. The Bertz CT molecular complexity index is 408. The summed E-state index contributed by atoms with van der Waals surface area (Å²) in [5.74, 6) is 0.549. The molecule has 0 saturated heterocycles. The van der Waals surface area contributed by atoms with Gasteiger partial charge in [-0.3, -0.25) is 0 Å². The summed E-state index contributed by atoms with van der Waals surface area (Å²) >= 11 is 0. The predicted octanol–water partition coefficient (Wildman–Crippen LogP) is 5.23. The van der Waals surface area contributed by atoms with Gasteiger partial charge in [0.25, 0.3) is 0 Å². The number of benzene rings is 2. The van der Waals surface area contributed by atoms with Crippen LogP contribution in [0.15, 0.2) is 60.7 Å². The van der Waals surface area contributed by atoms with E-state index in [2.05, 4.69) is 86.8 Å². The lowest BCUT2D eigenvalue weighted by molar-refractivity contribution is 0.698. The summed E-state index contributed by atoms with van der Waals surface area (Å²) < 4.78 is 0. The fraction of sp³-hybridized carbons (Fsp3) is 0.400. The molecule has 0 aliphatic heterocycles. The lowest BCUT2D eigenvalue weighted by Gasteiger charge is -2.17. The van der Waals surface area contributed by atoms with Crippen LogP contribution in [0.2, 0.25) is 0 Å². The molecule has 0 amide bonds. The lowest BCUT2D eigenvalue weighted by atomic mass is 9.88. The first-order valence-corrected chi connectivity index (χ1v) is 8.14. The van der Waals surface area contributed by atoms with Crippen molar-refractivity contribution < 1.29 is 0 Å². The van der Waals surface area contributed by atoms with Gasteiger partial charge in [-0.25, -0.2) is 0 Å². The van der Waals surface area contributed by atoms with Gasteiger partial charge in [-0.2, -0.15) is 0 Å². The van der Waals surface area contributed by atoms with Gasteiger partial charge in [0.15, 0.2) is 0 Å². The molecule has 0 aliphatic rings. The number of hydrogen-bond donors (Lipinski definition) is 1. The molecule has 0 aliphatic carbocycles. The second-order valence-electron chi connectivity index (χ2n) is 5.12. The van der Waals surface area contributed by atoms with Gasteiger partial charge in [0.1, 0.15) is 0 Å². The Morgan fingerprint density at radius 2 is 1.14 bits per heavy atom. The molecule has 0 saturated carbocycles. The minimum absolute atomic E-state index is 0.549. The van der Waals surface area contributed by atoms with Crippen LogP contribution in [0.5, 0.6) is 0 Å². The largest absolute Gasteiger partial charge is 0.317 e. The fourth-order valence-corrected chi connectivity index (χ4v) is 2.44. The standard InChI is InChI=1S/C16H18.C4H11N/c1-2-9-16(14-10-5-3-6-11-14)15-12-7-4-8-13-15;1-3-5-4-2/h3-8,10-13,16H,2,9H2,1H3;5H,3-4H2,1-2H3. The maximum Gasteiger partial charge on any atom is 0.00892 e. The maximum atomic E-state index is 3.11. The molecule has 2 aromatic rings. The maximum absolute atomic E-state index is 3.11. The van der Waals surface area contributed by atoms with E-state index in [1.807, 2.05) is 0 Å². The van der Waals surface area contributed by atoms with Gasteiger partial charge in [-0.05, 0) is 30.6 Å². The number of rotatable bonds is 6. The fourth-order valence-electron chi connectivity index (χ4n) is 2.44. The van der Waals surface area contributed by atoms with Crippen molar-refractivity contribution in [3.63, 3.8) is 0 Å². The minimum atomic E-state index is 0.549. The van der Waals surface area contributed by atoms with E-state index >= 15 is 0 Å². The van der Waals surface area contributed by atoms with E-state index in [9.17, 15) is 0 Å². The quantitative estimate of drug-likeness (QED) is 0.765. The molecule has 1 heteroatoms. The average molecular weight is 283 g/mol. The molecule has 0 fully saturated rings. The molecule has 21 heavy (non-hydrogen) atoms. The highest BCUT2D eigenvalue weighted by molar-refractivity contribution is 5.32. The van der Waals surface area contributed by atoms with Crippen LogP contribution < -0.4 is 5.32 Å². The van der Waals surface area contributed by atoms with Crippen molar-refractivity contribution in [2.24, 2.45) is 0 Å². The van der Waals surface area contributed by atoms with Gasteiger partial charge in [-0.15, -0.1) is 0 Å². The lowest BCUT2D eigenvalue weighted by Crippen LogP contribution is -2.09. The Morgan fingerprint density at radius 1 is 0.714 bits per heavy atom. The smallest absolute Gasteiger partial charge is 0.00892 e. The van der Waals surface area contributed by atoms with Crippen LogP contribution in [0.3, 0.4) is 0 Å². The van der Waals surface area contributed by atoms with Crippen LogP contribution in [0, 0.1) is 0 Å². The highest BCUT2D eigenvalue weighted by atomic mass is 14.8. The third kappa shape index (κ3) is 6.59. The van der Waals surface area contributed by atoms with Crippen molar-refractivity contribution in [1.29, 1.82) is 0 Å². The van der Waals surface area contributed by atoms with Crippen LogP contribution in [0.25, 0.3) is 0 Å². The van der Waals surface area contributed by atoms with Crippen molar-refractivity contribution in [3.8, 4) is 0 Å². The molecule has 0 bridgehead atoms. The van der Waals surface area contributed by atoms with Gasteiger partial charge < -0.3 is 5.32 Å². The zero-order chi connectivity index (χ0) is 15.3. The Morgan fingerprint density at radius 3 is 1.43 bits per heavy atom. The first-order valence-electron chi connectivity index (χ1n) is 8.14. The van der Waals surface area contributed by atoms with Crippen LogP contribution in [-0.2, 0) is 0 Å². The van der Waals surface area contributed by atoms with E-state index in [0.29, 0.717) is 5.92 Å². The molecule has 0 atom stereocenters. The molecule has 0 unspecified atom stereocenters. The van der Waals surface area contributed by atoms with Crippen LogP contribution >= 0.6 is 0 Å². The molecule has 1 N–H and O–H groups in total. The summed E-state index contributed by atoms with van der Waals surface area (Å²) in [6, 6.07) is 21.6. The minimum Gasteiger partial charge on any atom is -0.317 e. The summed E-state index contributed by atoms with van der Waals surface area (Å²) in [6.45, 7) is 8.64. The molecular formula is C20H29N. The van der Waals surface area contributed by atoms with Crippen molar-refractivity contribution in [2.45, 2.75) is 39.5 Å². The topological polar surface area (TPSA) is 12.0 Å². The highest BCUT2D eigenvalue weighted by Crippen LogP contribution is 2.28. The van der Waals surface area contributed by atoms with E-state index < -0.39 is 0 Å². The summed E-state index contributed by atoms with van der Waals surface area (Å²) in [7, 11) is 0. The first-order chi connectivity index (χ1) is 10.3. The van der Waals surface area contributed by atoms with Gasteiger partial charge in [0.05, 0.1) is 0 Å². The van der Waals surface area contributed by atoms with Gasteiger partial charge in [0.2, 0.25) is 0 Å². The summed E-state index contributed by atoms with van der Waals surface area (Å²) in [5.41, 5.74) is 2.85. The summed E-state index contributed by atoms with van der Waals surface area (Å²) in [5, 5.41) is 3.11. The van der Waals surface area contributed by atoms with Crippen LogP contribution in [-0.4, -0.2) is 13.1 Å². The van der Waals surface area contributed by atoms with E-state index in [1.54, 1.807) is 0 Å². The zero-order valence-electron chi connectivity index (χ0n) is 13.7. The Kier molecular flexibility index (Phi) is 9.23. The molecule has 114 valence electrons. The van der Waals surface area contributed by atoms with Crippen molar-refractivity contribution in [3.05, 3.63) is 71.8 Å². The molecule has 2 aromatic carbocycles. The second-order valence-corrected chi connectivity index (χ2v) is 5.12. The van der Waals surface area contributed by atoms with Crippen molar-refractivity contribution >= 4 is 0 Å². The SMILES string of the molecule is CCCC(c1ccccc1)c1ccccc1.CCNCC. The normalized spacial score (nSPS) is 10.1. The van der Waals surface area contributed by atoms with Crippen molar-refractivity contribution in [1.82, 2.24) is 5.32 Å². The highest BCUT2D eigenvalue weighted by Gasteiger charge is 2.11. The van der Waals surface area contributed by atoms with E-state index in [4.69, 9.17) is 0 Å². The van der Waals surface area contributed by atoms with Crippen molar-refractivity contribution in [2.75, 3.05) is 13.1 Å². The zero-order valence-corrected chi connectivity index (χ0v) is 13.7. The molecular weight excluding hydrogens is 254 g/mol. The molecule has 2 rings (SSSR count). The number of hydrogen-bond acceptors (Lipinski definition) is 1. The first kappa shape index (κ1) is 17.5.